The second-order valence-electron chi connectivity index (χ2n) is 5.50. The molecule has 0 unspecified atom stereocenters. The first-order valence-corrected chi connectivity index (χ1v) is 8.38. The number of para-hydroxylation sites is 1. The molecule has 0 aliphatic carbocycles. The molecule has 0 spiro atoms. The summed E-state index contributed by atoms with van der Waals surface area (Å²) in [5.74, 6) is 0. The van der Waals surface area contributed by atoms with E-state index in [1.807, 2.05) is 35.4 Å². The second kappa shape index (κ2) is 6.79. The van der Waals surface area contributed by atoms with Crippen LogP contribution >= 0.6 is 11.3 Å². The number of benzene rings is 1. The van der Waals surface area contributed by atoms with Crippen molar-refractivity contribution in [2.45, 2.75) is 25.8 Å². The van der Waals surface area contributed by atoms with Crippen molar-refractivity contribution >= 4 is 28.2 Å². The maximum absolute atomic E-state index is 12.2. The lowest BCUT2D eigenvalue weighted by molar-refractivity contribution is 0.197. The Hall–Kier alpha value is -2.08. The predicted molar refractivity (Wildman–Crippen MR) is 90.5 cm³/mol. The number of rotatable bonds is 3. The van der Waals surface area contributed by atoms with E-state index in [-0.39, 0.29) is 6.03 Å². The van der Waals surface area contributed by atoms with E-state index in [2.05, 4.69) is 27.8 Å². The molecule has 1 aromatic carbocycles. The van der Waals surface area contributed by atoms with E-state index < -0.39 is 0 Å². The number of carbonyl (C=O) groups is 1. The minimum absolute atomic E-state index is 0.0486. The number of carbonyl (C=O) groups excluding carboxylic acids is 1. The van der Waals surface area contributed by atoms with Gasteiger partial charge in [0, 0.05) is 30.2 Å². The van der Waals surface area contributed by atoms with Crippen LogP contribution in [0.1, 0.15) is 18.5 Å². The number of thiazole rings is 1. The predicted octanol–water partition coefficient (Wildman–Crippen LogP) is 3.56. The number of aromatic nitrogens is 1. The monoisotopic (exact) mass is 316 g/mol. The lowest BCUT2D eigenvalue weighted by Gasteiger charge is -2.32. The van der Waals surface area contributed by atoms with Crippen LogP contribution in [0.4, 0.5) is 15.6 Å². The van der Waals surface area contributed by atoms with E-state index in [0.29, 0.717) is 11.2 Å². The summed E-state index contributed by atoms with van der Waals surface area (Å²) in [6.45, 7) is 3.45. The summed E-state index contributed by atoms with van der Waals surface area (Å²) in [5, 5.41) is 9.00. The number of anilines is 2. The fourth-order valence-corrected chi connectivity index (χ4v) is 3.26. The van der Waals surface area contributed by atoms with Crippen LogP contribution in [-0.4, -0.2) is 35.0 Å². The van der Waals surface area contributed by atoms with Crippen LogP contribution < -0.4 is 10.6 Å². The van der Waals surface area contributed by atoms with Gasteiger partial charge in [-0.15, -0.1) is 11.3 Å². The van der Waals surface area contributed by atoms with Gasteiger partial charge >= 0.3 is 6.03 Å². The van der Waals surface area contributed by atoms with Gasteiger partial charge in [-0.3, -0.25) is 5.32 Å². The molecule has 3 rings (SSSR count). The molecule has 1 aromatic heterocycles. The van der Waals surface area contributed by atoms with Crippen molar-refractivity contribution < 1.29 is 4.79 Å². The first kappa shape index (κ1) is 14.8. The van der Waals surface area contributed by atoms with Gasteiger partial charge in [0.15, 0.2) is 5.13 Å². The van der Waals surface area contributed by atoms with Gasteiger partial charge in [-0.1, -0.05) is 18.2 Å². The minimum atomic E-state index is -0.0486. The normalized spacial score (nSPS) is 15.6. The van der Waals surface area contributed by atoms with Crippen molar-refractivity contribution in [3.63, 3.8) is 0 Å². The zero-order chi connectivity index (χ0) is 15.4. The van der Waals surface area contributed by atoms with E-state index in [0.717, 1.165) is 37.3 Å². The van der Waals surface area contributed by atoms with Gasteiger partial charge < -0.3 is 10.2 Å². The van der Waals surface area contributed by atoms with Crippen LogP contribution in [0.5, 0.6) is 0 Å². The maximum Gasteiger partial charge on any atom is 0.323 e. The highest BCUT2D eigenvalue weighted by Crippen LogP contribution is 2.19. The Labute approximate surface area is 134 Å². The molecule has 1 saturated heterocycles. The van der Waals surface area contributed by atoms with Gasteiger partial charge in [-0.05, 0) is 31.9 Å². The fourth-order valence-electron chi connectivity index (χ4n) is 2.58. The van der Waals surface area contributed by atoms with Crippen molar-refractivity contribution in [2.24, 2.45) is 0 Å². The van der Waals surface area contributed by atoms with Gasteiger partial charge in [0.2, 0.25) is 0 Å². The molecule has 5 nitrogen and oxygen atoms in total. The number of nitrogens with one attached hydrogen (secondary N) is 2. The summed E-state index contributed by atoms with van der Waals surface area (Å²) in [5.41, 5.74) is 2.08. The Kier molecular flexibility index (Phi) is 4.58. The molecule has 6 heteroatoms. The van der Waals surface area contributed by atoms with E-state index >= 15 is 0 Å². The number of aryl methyl sites for hydroxylation is 1. The van der Waals surface area contributed by atoms with Crippen LogP contribution in [0, 0.1) is 6.92 Å². The summed E-state index contributed by atoms with van der Waals surface area (Å²) in [6.07, 6.45) is 1.92. The van der Waals surface area contributed by atoms with E-state index in [9.17, 15) is 4.79 Å². The average molecular weight is 316 g/mol. The molecular formula is C16H20N4OS. The molecule has 1 aliphatic rings. The number of amides is 2. The lowest BCUT2D eigenvalue weighted by Crippen LogP contribution is -2.44. The summed E-state index contributed by atoms with van der Waals surface area (Å²) in [7, 11) is 0. The molecular weight excluding hydrogens is 296 g/mol. The van der Waals surface area contributed by atoms with Gasteiger partial charge in [-0.25, -0.2) is 9.78 Å². The van der Waals surface area contributed by atoms with Crippen LogP contribution in [-0.2, 0) is 0 Å². The molecule has 22 heavy (non-hydrogen) atoms. The van der Waals surface area contributed by atoms with Crippen LogP contribution in [0.25, 0.3) is 0 Å². The Morgan fingerprint density at radius 3 is 2.64 bits per heavy atom. The minimum Gasteiger partial charge on any atom is -0.382 e. The molecule has 1 aliphatic heterocycles. The molecule has 1 fully saturated rings. The number of nitrogens with zero attached hydrogens (tertiary/aromatic N) is 2. The first-order chi connectivity index (χ1) is 10.7. The smallest absolute Gasteiger partial charge is 0.323 e. The molecule has 0 bridgehead atoms. The molecule has 0 radical (unpaired) electrons. The van der Waals surface area contributed by atoms with Gasteiger partial charge in [0.05, 0.1) is 5.69 Å². The van der Waals surface area contributed by atoms with Gasteiger partial charge in [0.1, 0.15) is 0 Å². The van der Waals surface area contributed by atoms with E-state index in [4.69, 9.17) is 0 Å². The third-order valence-corrected chi connectivity index (χ3v) is 4.64. The van der Waals surface area contributed by atoms with Crippen LogP contribution in [0.3, 0.4) is 0 Å². The van der Waals surface area contributed by atoms with Crippen LogP contribution in [0.15, 0.2) is 35.7 Å². The summed E-state index contributed by atoms with van der Waals surface area (Å²) >= 11 is 1.46. The number of hydrogen-bond acceptors (Lipinski definition) is 4. The average Bonchev–Trinajstić information content (AvgIpc) is 2.94. The summed E-state index contributed by atoms with van der Waals surface area (Å²) in [4.78, 5) is 18.3. The Morgan fingerprint density at radius 2 is 2.00 bits per heavy atom. The molecule has 116 valence electrons. The van der Waals surface area contributed by atoms with Crippen LogP contribution in [0.2, 0.25) is 0 Å². The number of piperidine rings is 1. The number of likely N-dealkylation sites (tertiary alicyclic amines) is 1. The largest absolute Gasteiger partial charge is 0.382 e. The lowest BCUT2D eigenvalue weighted by atomic mass is 10.0. The van der Waals surface area contributed by atoms with E-state index in [1.54, 1.807) is 0 Å². The summed E-state index contributed by atoms with van der Waals surface area (Å²) < 4.78 is 0. The third-order valence-electron chi connectivity index (χ3n) is 3.76. The zero-order valence-electron chi connectivity index (χ0n) is 12.6. The Balaban J connectivity index is 1.48. The highest BCUT2D eigenvalue weighted by Gasteiger charge is 2.23. The third kappa shape index (κ3) is 3.76. The molecule has 0 atom stereocenters. The molecule has 0 saturated carbocycles. The standard InChI is InChI=1S/C16H20N4OS/c1-12-11-22-15(17-12)19-16(21)20-9-7-14(8-10-20)18-13-5-3-2-4-6-13/h2-6,11,14,18H,7-10H2,1H3,(H,17,19,21). The molecule has 2 N–H and O–H groups in total. The maximum atomic E-state index is 12.2. The topological polar surface area (TPSA) is 57.3 Å². The van der Waals surface area contributed by atoms with Crippen molar-refractivity contribution in [1.29, 1.82) is 0 Å². The van der Waals surface area contributed by atoms with Gasteiger partial charge in [0.25, 0.3) is 0 Å². The van der Waals surface area contributed by atoms with Gasteiger partial charge in [-0.2, -0.15) is 0 Å². The van der Waals surface area contributed by atoms with Crippen molar-refractivity contribution in [3.8, 4) is 0 Å². The number of urea groups is 1. The second-order valence-corrected chi connectivity index (χ2v) is 6.35. The van der Waals surface area contributed by atoms with Crippen molar-refractivity contribution in [1.82, 2.24) is 9.88 Å². The molecule has 2 heterocycles. The van der Waals surface area contributed by atoms with E-state index in [1.165, 1.54) is 11.3 Å². The summed E-state index contributed by atoms with van der Waals surface area (Å²) in [6, 6.07) is 10.6. The van der Waals surface area contributed by atoms with Crippen molar-refractivity contribution in [3.05, 3.63) is 41.4 Å². The first-order valence-electron chi connectivity index (χ1n) is 7.50. The van der Waals surface area contributed by atoms with Crippen molar-refractivity contribution in [2.75, 3.05) is 23.7 Å². The molecule has 2 amide bonds. The fraction of sp³-hybridized carbons (Fsp3) is 0.375. The quantitative estimate of drug-likeness (QED) is 0.910. The zero-order valence-corrected chi connectivity index (χ0v) is 13.4. The highest BCUT2D eigenvalue weighted by molar-refractivity contribution is 7.13. The number of hydrogen-bond donors (Lipinski definition) is 2. The molecule has 2 aromatic rings. The highest BCUT2D eigenvalue weighted by atomic mass is 32.1. The Bertz CT molecular complexity index is 620. The Morgan fingerprint density at radius 1 is 1.27 bits per heavy atom. The SMILES string of the molecule is Cc1csc(NC(=O)N2CCC(Nc3ccccc3)CC2)n1.